The highest BCUT2D eigenvalue weighted by Gasteiger charge is 2.29. The Bertz CT molecular complexity index is 1720. The van der Waals surface area contributed by atoms with E-state index < -0.39 is 6.04 Å². The van der Waals surface area contributed by atoms with Crippen molar-refractivity contribution in [2.45, 2.75) is 32.4 Å². The Balaban J connectivity index is 1.42. The third-order valence-corrected chi connectivity index (χ3v) is 7.40. The first-order valence-electron chi connectivity index (χ1n) is 14.0. The van der Waals surface area contributed by atoms with Gasteiger partial charge in [-0.3, -0.25) is 14.4 Å². The summed E-state index contributed by atoms with van der Waals surface area (Å²) in [5.74, 6) is 0.876. The molecule has 1 heterocycles. The SMILES string of the molecule is COc1cc2c(c(OC)c1OC)-c1ccc(NCC(=O)Nc3ccc(Cn4cncn4)cc3)c(=O)cc1[C@@H](NC(C)=O)CC2. The Morgan fingerprint density at radius 2 is 1.77 bits per heavy atom. The van der Waals surface area contributed by atoms with Gasteiger partial charge in [0, 0.05) is 18.2 Å². The minimum Gasteiger partial charge on any atom is -0.493 e. The van der Waals surface area contributed by atoms with Crippen LogP contribution in [0.2, 0.25) is 0 Å². The van der Waals surface area contributed by atoms with Crippen molar-refractivity contribution in [3.8, 4) is 28.4 Å². The highest BCUT2D eigenvalue weighted by Crippen LogP contribution is 2.50. The van der Waals surface area contributed by atoms with E-state index in [9.17, 15) is 14.4 Å². The Morgan fingerprint density at radius 1 is 1.00 bits per heavy atom. The summed E-state index contributed by atoms with van der Waals surface area (Å²) < 4.78 is 18.7. The molecule has 228 valence electrons. The topological polar surface area (TPSA) is 146 Å². The fourth-order valence-electron chi connectivity index (χ4n) is 5.43. The van der Waals surface area contributed by atoms with Crippen molar-refractivity contribution >= 4 is 23.2 Å². The summed E-state index contributed by atoms with van der Waals surface area (Å²) in [6.45, 7) is 1.88. The second-order valence-corrected chi connectivity index (χ2v) is 10.3. The quantitative estimate of drug-likeness (QED) is 0.249. The molecule has 5 rings (SSSR count). The van der Waals surface area contributed by atoms with Crippen LogP contribution in [0, 0.1) is 0 Å². The van der Waals surface area contributed by atoms with E-state index in [1.165, 1.54) is 26.4 Å². The molecule has 1 aliphatic carbocycles. The van der Waals surface area contributed by atoms with E-state index in [-0.39, 0.29) is 29.5 Å². The van der Waals surface area contributed by atoms with Crippen molar-refractivity contribution in [3.63, 3.8) is 0 Å². The molecule has 0 saturated carbocycles. The maximum Gasteiger partial charge on any atom is 0.243 e. The van der Waals surface area contributed by atoms with Crippen molar-refractivity contribution in [2.24, 2.45) is 0 Å². The number of hydrogen-bond acceptors (Lipinski definition) is 9. The molecule has 0 spiro atoms. The van der Waals surface area contributed by atoms with Gasteiger partial charge in [-0.1, -0.05) is 18.2 Å². The lowest BCUT2D eigenvalue weighted by atomic mass is 9.95. The average Bonchev–Trinajstić information content (AvgIpc) is 3.41. The molecule has 0 unspecified atom stereocenters. The molecule has 3 N–H and O–H groups in total. The Morgan fingerprint density at radius 3 is 2.43 bits per heavy atom. The molecule has 0 bridgehead atoms. The number of aromatic nitrogens is 3. The second-order valence-electron chi connectivity index (χ2n) is 10.3. The van der Waals surface area contributed by atoms with Crippen LogP contribution in [0.3, 0.4) is 0 Å². The highest BCUT2D eigenvalue weighted by atomic mass is 16.5. The third kappa shape index (κ3) is 6.48. The highest BCUT2D eigenvalue weighted by molar-refractivity contribution is 5.93. The van der Waals surface area contributed by atoms with Crippen LogP contribution in [0.1, 0.15) is 36.1 Å². The first-order chi connectivity index (χ1) is 21.3. The molecular formula is C32H34N6O6. The minimum atomic E-state index is -0.430. The summed E-state index contributed by atoms with van der Waals surface area (Å²) in [7, 11) is 4.64. The molecule has 1 aromatic heterocycles. The number of benzene rings is 2. The Hall–Kier alpha value is -5.39. The number of nitrogens with zero attached hydrogens (tertiary/aromatic N) is 3. The van der Waals surface area contributed by atoms with Crippen molar-refractivity contribution in [3.05, 3.63) is 88.1 Å². The third-order valence-electron chi connectivity index (χ3n) is 7.40. The van der Waals surface area contributed by atoms with Gasteiger partial charge in [0.05, 0.1) is 46.1 Å². The number of hydrogen-bond donors (Lipinski definition) is 3. The van der Waals surface area contributed by atoms with E-state index in [2.05, 4.69) is 26.0 Å². The fraction of sp³-hybridized carbons (Fsp3) is 0.281. The van der Waals surface area contributed by atoms with Gasteiger partial charge >= 0.3 is 0 Å². The zero-order valence-corrected chi connectivity index (χ0v) is 25.0. The maximum atomic E-state index is 13.5. The van der Waals surface area contributed by atoms with E-state index in [1.807, 2.05) is 18.2 Å². The van der Waals surface area contributed by atoms with Crippen LogP contribution in [-0.4, -0.2) is 54.5 Å². The van der Waals surface area contributed by atoms with E-state index in [1.54, 1.807) is 49.5 Å². The van der Waals surface area contributed by atoms with Crippen LogP contribution in [0.25, 0.3) is 11.1 Å². The number of carbonyl (C=O) groups is 2. The first kappa shape index (κ1) is 30.1. The molecule has 0 aliphatic heterocycles. The summed E-state index contributed by atoms with van der Waals surface area (Å²) in [4.78, 5) is 42.3. The minimum absolute atomic E-state index is 0.134. The smallest absolute Gasteiger partial charge is 0.243 e. The second kappa shape index (κ2) is 13.3. The van der Waals surface area contributed by atoms with Gasteiger partial charge in [0.25, 0.3) is 0 Å². The van der Waals surface area contributed by atoms with Gasteiger partial charge in [-0.2, -0.15) is 5.10 Å². The Kier molecular flexibility index (Phi) is 9.08. The zero-order valence-electron chi connectivity index (χ0n) is 25.0. The molecule has 1 atom stereocenters. The summed E-state index contributed by atoms with van der Waals surface area (Å²) in [6, 6.07) is 13.8. The number of carbonyl (C=O) groups excluding carboxylic acids is 2. The number of aryl methyl sites for hydroxylation is 1. The number of ether oxygens (including phenoxy) is 3. The molecule has 12 heteroatoms. The van der Waals surface area contributed by atoms with Crippen molar-refractivity contribution in [2.75, 3.05) is 38.5 Å². The monoisotopic (exact) mass is 598 g/mol. The largest absolute Gasteiger partial charge is 0.493 e. The van der Waals surface area contributed by atoms with Crippen LogP contribution >= 0.6 is 0 Å². The number of anilines is 2. The summed E-state index contributed by atoms with van der Waals surface area (Å²) in [5, 5.41) is 12.9. The van der Waals surface area contributed by atoms with Crippen molar-refractivity contribution in [1.29, 1.82) is 0 Å². The number of rotatable bonds is 10. The molecule has 3 aromatic carbocycles. The number of nitrogens with one attached hydrogen (secondary N) is 3. The van der Waals surface area contributed by atoms with Crippen LogP contribution in [0.5, 0.6) is 17.2 Å². The maximum absolute atomic E-state index is 13.5. The average molecular weight is 599 g/mol. The van der Waals surface area contributed by atoms with Crippen LogP contribution in [0.4, 0.5) is 11.4 Å². The molecule has 0 fully saturated rings. The predicted molar refractivity (Wildman–Crippen MR) is 165 cm³/mol. The van der Waals surface area contributed by atoms with E-state index in [0.717, 1.165) is 16.7 Å². The number of amides is 2. The molecule has 0 radical (unpaired) electrons. The standard InChI is InChI=1S/C32H34N6O6/c1-19(39)36-25-11-7-21-13-28(42-2)31(43-3)32(44-4)30(21)23-10-12-26(27(40)14-24(23)25)34-15-29(41)37-22-8-5-20(6-9-22)16-38-18-33-17-35-38/h5-6,8-10,12-14,17-18,25H,7,11,15-16H2,1-4H3,(H,34,40)(H,36,39)(H,37,41)/t25-/m0/s1. The van der Waals surface area contributed by atoms with E-state index in [0.29, 0.717) is 53.4 Å². The molecular weight excluding hydrogens is 564 g/mol. The van der Waals surface area contributed by atoms with Gasteiger partial charge in [0.1, 0.15) is 12.7 Å². The fourth-order valence-corrected chi connectivity index (χ4v) is 5.43. The van der Waals surface area contributed by atoms with E-state index >= 15 is 0 Å². The van der Waals surface area contributed by atoms with Crippen LogP contribution in [0.15, 0.2) is 66.0 Å². The lowest BCUT2D eigenvalue weighted by Gasteiger charge is -2.19. The lowest BCUT2D eigenvalue weighted by molar-refractivity contribution is -0.119. The lowest BCUT2D eigenvalue weighted by Crippen LogP contribution is -2.27. The van der Waals surface area contributed by atoms with Crippen molar-refractivity contribution in [1.82, 2.24) is 20.1 Å². The normalized spacial score (nSPS) is 13.5. The van der Waals surface area contributed by atoms with Gasteiger partial charge in [0.2, 0.25) is 23.0 Å². The number of fused-ring (bicyclic) bond motifs is 3. The Labute approximate surface area is 254 Å². The molecule has 4 aromatic rings. The predicted octanol–water partition coefficient (Wildman–Crippen LogP) is 3.55. The van der Waals surface area contributed by atoms with E-state index in [4.69, 9.17) is 14.2 Å². The van der Waals surface area contributed by atoms with Gasteiger partial charge < -0.3 is 30.2 Å². The molecule has 2 amide bonds. The summed E-state index contributed by atoms with van der Waals surface area (Å²) in [6.07, 6.45) is 4.25. The molecule has 1 aliphatic rings. The first-order valence-corrected chi connectivity index (χ1v) is 14.0. The number of methoxy groups -OCH3 is 3. The van der Waals surface area contributed by atoms with Crippen LogP contribution in [-0.2, 0) is 22.6 Å². The van der Waals surface area contributed by atoms with Gasteiger partial charge in [0.15, 0.2) is 11.5 Å². The van der Waals surface area contributed by atoms with Crippen LogP contribution < -0.4 is 35.6 Å². The summed E-state index contributed by atoms with van der Waals surface area (Å²) in [5.41, 5.74) is 4.55. The molecule has 0 saturated heterocycles. The van der Waals surface area contributed by atoms with Gasteiger partial charge in [-0.15, -0.1) is 0 Å². The van der Waals surface area contributed by atoms with Crippen molar-refractivity contribution < 1.29 is 23.8 Å². The zero-order chi connectivity index (χ0) is 31.2. The molecule has 44 heavy (non-hydrogen) atoms. The van der Waals surface area contributed by atoms with Gasteiger partial charge in [-0.05, 0) is 65.4 Å². The molecule has 12 nitrogen and oxygen atoms in total. The van der Waals surface area contributed by atoms with Gasteiger partial charge in [-0.25, -0.2) is 9.67 Å². The summed E-state index contributed by atoms with van der Waals surface area (Å²) >= 11 is 0.